The van der Waals surface area contributed by atoms with Crippen LogP contribution in [0.15, 0.2) is 145 Å². The number of rotatable bonds is 3. The Morgan fingerprint density at radius 3 is 1.64 bits per heavy atom. The lowest BCUT2D eigenvalue weighted by Gasteiger charge is -2.35. The second-order valence-corrected chi connectivity index (χ2v) is 10.9. The van der Waals surface area contributed by atoms with Crippen LogP contribution in [0.5, 0.6) is 17.2 Å². The zero-order valence-corrected chi connectivity index (χ0v) is 26.5. The fourth-order valence-electron chi connectivity index (χ4n) is 5.76. The molecule has 0 bridgehead atoms. The van der Waals surface area contributed by atoms with Crippen molar-refractivity contribution in [3.05, 3.63) is 156 Å². The van der Waals surface area contributed by atoms with Crippen molar-refractivity contribution in [3.63, 3.8) is 0 Å². The highest BCUT2D eigenvalue weighted by Crippen LogP contribution is 2.50. The summed E-state index contributed by atoms with van der Waals surface area (Å²) in [5, 5.41) is 0. The van der Waals surface area contributed by atoms with Gasteiger partial charge in [-0.1, -0.05) is 93.1 Å². The first-order valence-electron chi connectivity index (χ1n) is 16.0. The van der Waals surface area contributed by atoms with Crippen molar-refractivity contribution in [2.45, 2.75) is 47.0 Å². The van der Waals surface area contributed by atoms with E-state index in [1.807, 2.05) is 62.4 Å². The zero-order valence-electron chi connectivity index (χ0n) is 26.5. The molecule has 0 unspecified atom stereocenters. The molecule has 2 aliphatic heterocycles. The molecule has 4 nitrogen and oxygen atoms in total. The van der Waals surface area contributed by atoms with Crippen LogP contribution in [0, 0.1) is 6.92 Å². The van der Waals surface area contributed by atoms with E-state index >= 15 is 0 Å². The van der Waals surface area contributed by atoms with Gasteiger partial charge in [-0.25, -0.2) is 0 Å². The molecule has 0 spiro atoms. The number of ether oxygens (including phenoxy) is 2. The highest BCUT2D eigenvalue weighted by molar-refractivity contribution is 5.86. The molecular weight excluding hydrogens is 552 g/mol. The Bertz CT molecular complexity index is 1770. The molecule has 0 fully saturated rings. The highest BCUT2D eigenvalue weighted by atomic mass is 16.5. The number of fused-ring (bicyclic) bond motifs is 3. The number of aryl methyl sites for hydroxylation is 2. The van der Waals surface area contributed by atoms with Crippen molar-refractivity contribution in [1.29, 1.82) is 0 Å². The first-order chi connectivity index (χ1) is 22.2. The molecule has 5 aromatic rings. The Morgan fingerprint density at radius 2 is 1.07 bits per heavy atom. The number of hydrogen-bond donors (Lipinski definition) is 0. The van der Waals surface area contributed by atoms with Crippen molar-refractivity contribution < 1.29 is 9.47 Å². The Kier molecular flexibility index (Phi) is 9.02. The van der Waals surface area contributed by atoms with E-state index in [1.54, 1.807) is 0 Å². The second-order valence-electron chi connectivity index (χ2n) is 10.9. The molecule has 0 aromatic heterocycles. The molecule has 4 heteroatoms. The molecule has 0 radical (unpaired) electrons. The quantitative estimate of drug-likeness (QED) is 0.204. The predicted molar refractivity (Wildman–Crippen MR) is 188 cm³/mol. The summed E-state index contributed by atoms with van der Waals surface area (Å²) in [4.78, 5) is 4.55. The summed E-state index contributed by atoms with van der Waals surface area (Å²) in [5.41, 5.74) is 9.36. The van der Waals surface area contributed by atoms with Crippen LogP contribution in [0.3, 0.4) is 0 Å². The van der Waals surface area contributed by atoms with Gasteiger partial charge in [0.2, 0.25) is 0 Å². The van der Waals surface area contributed by atoms with Crippen LogP contribution in [0.25, 0.3) is 0 Å². The summed E-state index contributed by atoms with van der Waals surface area (Å²) in [5.74, 6) is 3.78. The molecule has 0 amide bonds. The summed E-state index contributed by atoms with van der Waals surface area (Å²) in [6.45, 7) is 8.29. The maximum atomic E-state index is 6.10. The third-order valence-corrected chi connectivity index (χ3v) is 8.01. The molecule has 3 aliphatic rings. The van der Waals surface area contributed by atoms with Crippen molar-refractivity contribution in [1.82, 2.24) is 0 Å². The number of para-hydroxylation sites is 6. The van der Waals surface area contributed by atoms with E-state index in [4.69, 9.17) is 9.47 Å². The van der Waals surface area contributed by atoms with Gasteiger partial charge in [0.05, 0.1) is 22.8 Å². The lowest BCUT2D eigenvalue weighted by atomic mass is 10.0. The summed E-state index contributed by atoms with van der Waals surface area (Å²) >= 11 is 0. The van der Waals surface area contributed by atoms with Gasteiger partial charge in [0.25, 0.3) is 0 Å². The van der Waals surface area contributed by atoms with Crippen LogP contribution in [-0.4, -0.2) is 0 Å². The average Bonchev–Trinajstić information content (AvgIpc) is 3.11. The molecule has 0 N–H and O–H groups in total. The van der Waals surface area contributed by atoms with Crippen LogP contribution >= 0.6 is 0 Å². The number of anilines is 5. The molecule has 2 heterocycles. The Balaban J connectivity index is 0.000000151. The lowest BCUT2D eigenvalue weighted by Crippen LogP contribution is -2.24. The van der Waals surface area contributed by atoms with E-state index in [-0.39, 0.29) is 0 Å². The van der Waals surface area contributed by atoms with Gasteiger partial charge in [0, 0.05) is 17.8 Å². The van der Waals surface area contributed by atoms with Gasteiger partial charge in [0.1, 0.15) is 5.76 Å². The summed E-state index contributed by atoms with van der Waals surface area (Å²) in [6, 6.07) is 41.9. The standard InChI is InChI=1S/C20H17NO.C19H17NO.C2H6/c1-2-15-11-13-16(14-12-15)21-17-7-3-5-9-19(17)22-20-10-6-4-8-18(20)21;1-14-10-12-15(13-11-14)20-16-6-2-4-8-18(16)21-19-9-5-3-7-17(19)20;1-2/h3-14H,2H2,1H3;2-4,6-8,10-13H,5,9H2,1H3;1-2H3. The number of hydrogen-bond acceptors (Lipinski definition) is 4. The average molecular weight is 593 g/mol. The van der Waals surface area contributed by atoms with Gasteiger partial charge in [-0.2, -0.15) is 0 Å². The first kappa shape index (κ1) is 29.8. The van der Waals surface area contributed by atoms with Crippen LogP contribution in [0.4, 0.5) is 28.4 Å². The maximum absolute atomic E-state index is 6.10. The third-order valence-electron chi connectivity index (χ3n) is 8.01. The van der Waals surface area contributed by atoms with E-state index in [2.05, 4.69) is 109 Å². The number of nitrogens with zero attached hydrogens (tertiary/aromatic N) is 2. The highest BCUT2D eigenvalue weighted by Gasteiger charge is 2.28. The largest absolute Gasteiger partial charge is 0.457 e. The molecule has 0 saturated heterocycles. The summed E-state index contributed by atoms with van der Waals surface area (Å²) < 4.78 is 12.1. The van der Waals surface area contributed by atoms with Crippen molar-refractivity contribution in [2.75, 3.05) is 9.80 Å². The molecule has 226 valence electrons. The number of allylic oxidation sites excluding steroid dienone is 3. The summed E-state index contributed by atoms with van der Waals surface area (Å²) in [6.07, 6.45) is 7.45. The topological polar surface area (TPSA) is 24.9 Å². The minimum absolute atomic E-state index is 0.890. The molecule has 1 aliphatic carbocycles. The third kappa shape index (κ3) is 6.09. The van der Waals surface area contributed by atoms with Gasteiger partial charge >= 0.3 is 0 Å². The van der Waals surface area contributed by atoms with Crippen molar-refractivity contribution in [2.24, 2.45) is 0 Å². The predicted octanol–water partition coefficient (Wildman–Crippen LogP) is 11.9. The Hall–Kier alpha value is -5.22. The molecule has 5 aromatic carbocycles. The fraction of sp³-hybridized carbons (Fsp3) is 0.171. The van der Waals surface area contributed by atoms with Gasteiger partial charge in [-0.05, 0) is 92.1 Å². The number of benzene rings is 5. The maximum Gasteiger partial charge on any atom is 0.151 e. The van der Waals surface area contributed by atoms with Crippen molar-refractivity contribution >= 4 is 28.4 Å². The minimum Gasteiger partial charge on any atom is -0.457 e. The molecule has 8 rings (SSSR count). The van der Waals surface area contributed by atoms with Gasteiger partial charge in [-0.15, -0.1) is 0 Å². The molecule has 45 heavy (non-hydrogen) atoms. The Morgan fingerprint density at radius 1 is 0.578 bits per heavy atom. The fourth-order valence-corrected chi connectivity index (χ4v) is 5.76. The zero-order chi connectivity index (χ0) is 31.2. The minimum atomic E-state index is 0.890. The smallest absolute Gasteiger partial charge is 0.151 e. The van der Waals surface area contributed by atoms with Gasteiger partial charge in [0.15, 0.2) is 17.2 Å². The molecule has 0 saturated carbocycles. The first-order valence-corrected chi connectivity index (χ1v) is 16.0. The van der Waals surface area contributed by atoms with E-state index in [0.717, 1.165) is 70.7 Å². The van der Waals surface area contributed by atoms with Gasteiger partial charge in [-0.3, -0.25) is 0 Å². The van der Waals surface area contributed by atoms with E-state index in [1.165, 1.54) is 16.8 Å². The van der Waals surface area contributed by atoms with Crippen LogP contribution in [0.1, 0.15) is 44.7 Å². The lowest BCUT2D eigenvalue weighted by molar-refractivity contribution is 0.388. The van der Waals surface area contributed by atoms with E-state index in [0.29, 0.717) is 0 Å². The Labute approximate surface area is 267 Å². The van der Waals surface area contributed by atoms with Crippen LogP contribution in [0.2, 0.25) is 0 Å². The van der Waals surface area contributed by atoms with E-state index < -0.39 is 0 Å². The summed E-state index contributed by atoms with van der Waals surface area (Å²) in [7, 11) is 0. The van der Waals surface area contributed by atoms with E-state index in [9.17, 15) is 0 Å². The normalized spacial score (nSPS) is 13.8. The van der Waals surface area contributed by atoms with Crippen LogP contribution in [-0.2, 0) is 6.42 Å². The molecule has 0 atom stereocenters. The monoisotopic (exact) mass is 592 g/mol. The second kappa shape index (κ2) is 13.6. The van der Waals surface area contributed by atoms with Crippen molar-refractivity contribution in [3.8, 4) is 17.2 Å². The van der Waals surface area contributed by atoms with Crippen LogP contribution < -0.4 is 19.3 Å². The van der Waals surface area contributed by atoms with Gasteiger partial charge < -0.3 is 19.3 Å². The SMILES string of the molecule is CC.CCc1ccc(N2c3ccccc3Oc3ccccc32)cc1.Cc1ccc(N2C3=C(CCC=C3)Oc3ccccc32)cc1. The molecular formula is C41H40N2O2.